The van der Waals surface area contributed by atoms with Crippen LogP contribution < -0.4 is 9.62 Å². The molecule has 1 aromatic carbocycles. The normalized spacial score (nSPS) is 18.1. The molecule has 1 N–H and O–H groups in total. The predicted octanol–water partition coefficient (Wildman–Crippen LogP) is 2.84. The van der Waals surface area contributed by atoms with Gasteiger partial charge < -0.3 is 10.2 Å². The molecule has 158 valence electrons. The Hall–Kier alpha value is -1.60. The van der Waals surface area contributed by atoms with Crippen LogP contribution in [0.25, 0.3) is 0 Å². The minimum atomic E-state index is -3.55. The van der Waals surface area contributed by atoms with Crippen molar-refractivity contribution in [3.05, 3.63) is 29.3 Å². The summed E-state index contributed by atoms with van der Waals surface area (Å²) in [7, 11) is -3.55. The lowest BCUT2D eigenvalue weighted by Gasteiger charge is -2.35. The van der Waals surface area contributed by atoms with E-state index in [0.717, 1.165) is 36.9 Å². The Kier molecular flexibility index (Phi) is 8.31. The number of nitrogens with one attached hydrogen (secondary N) is 1. The summed E-state index contributed by atoms with van der Waals surface area (Å²) in [4.78, 5) is 15.0. The SMILES string of the molecule is CCC1CCCCN1CCCNC(=O)CN(c1c(C)cccc1C)S(C)(=O)=O. The van der Waals surface area contributed by atoms with Gasteiger partial charge in [-0.15, -0.1) is 0 Å². The second-order valence-electron chi connectivity index (χ2n) is 7.81. The third-order valence-electron chi connectivity index (χ3n) is 5.54. The van der Waals surface area contributed by atoms with Gasteiger partial charge in [-0.3, -0.25) is 9.10 Å². The molecule has 2 rings (SSSR count). The fourth-order valence-electron chi connectivity index (χ4n) is 4.07. The van der Waals surface area contributed by atoms with Crippen molar-refractivity contribution < 1.29 is 13.2 Å². The highest BCUT2D eigenvalue weighted by Gasteiger charge is 2.24. The number of nitrogens with zero attached hydrogens (tertiary/aromatic N) is 2. The number of benzene rings is 1. The average molecular weight is 410 g/mol. The van der Waals surface area contributed by atoms with Crippen LogP contribution in [0.5, 0.6) is 0 Å². The van der Waals surface area contributed by atoms with Gasteiger partial charge in [-0.2, -0.15) is 0 Å². The Balaban J connectivity index is 1.90. The maximum atomic E-state index is 12.4. The maximum Gasteiger partial charge on any atom is 0.240 e. The standard InChI is InChI=1S/C21H35N3O3S/c1-5-19-12-6-7-14-23(19)15-9-13-22-20(25)16-24(28(4,26)27)21-17(2)10-8-11-18(21)3/h8,10-11,19H,5-7,9,12-16H2,1-4H3,(H,22,25). The minimum absolute atomic E-state index is 0.189. The van der Waals surface area contributed by atoms with Gasteiger partial charge >= 0.3 is 0 Å². The number of hydrogen-bond acceptors (Lipinski definition) is 4. The Morgan fingerprint density at radius 3 is 2.54 bits per heavy atom. The molecular formula is C21H35N3O3S. The van der Waals surface area contributed by atoms with Gasteiger partial charge in [0.25, 0.3) is 0 Å². The molecule has 0 aromatic heterocycles. The molecule has 1 fully saturated rings. The summed E-state index contributed by atoms with van der Waals surface area (Å²) in [6, 6.07) is 6.27. The molecular weight excluding hydrogens is 374 g/mol. The van der Waals surface area contributed by atoms with Gasteiger partial charge in [0, 0.05) is 19.1 Å². The molecule has 1 amide bonds. The molecule has 1 heterocycles. The molecule has 1 unspecified atom stereocenters. The molecule has 6 nitrogen and oxygen atoms in total. The molecule has 0 spiro atoms. The third kappa shape index (κ3) is 6.21. The van der Waals surface area contributed by atoms with Crippen LogP contribution in [0, 0.1) is 13.8 Å². The molecule has 0 saturated carbocycles. The first-order valence-electron chi connectivity index (χ1n) is 10.3. The molecule has 0 aliphatic carbocycles. The maximum absolute atomic E-state index is 12.4. The number of rotatable bonds is 9. The van der Waals surface area contributed by atoms with Gasteiger partial charge in [0.2, 0.25) is 15.9 Å². The highest BCUT2D eigenvalue weighted by atomic mass is 32.2. The van der Waals surface area contributed by atoms with Gasteiger partial charge in [-0.1, -0.05) is 31.5 Å². The van der Waals surface area contributed by atoms with E-state index in [0.29, 0.717) is 18.3 Å². The number of hydrogen-bond donors (Lipinski definition) is 1. The van der Waals surface area contributed by atoms with E-state index in [1.807, 2.05) is 32.0 Å². The summed E-state index contributed by atoms with van der Waals surface area (Å²) in [6.45, 7) is 8.45. The number of piperidine rings is 1. The van der Waals surface area contributed by atoms with Crippen molar-refractivity contribution in [1.82, 2.24) is 10.2 Å². The molecule has 1 aromatic rings. The van der Waals surface area contributed by atoms with Gasteiger partial charge in [0.05, 0.1) is 11.9 Å². The summed E-state index contributed by atoms with van der Waals surface area (Å²) < 4.78 is 25.8. The predicted molar refractivity (Wildman–Crippen MR) is 115 cm³/mol. The van der Waals surface area contributed by atoms with Crippen molar-refractivity contribution in [2.75, 3.05) is 36.7 Å². The summed E-state index contributed by atoms with van der Waals surface area (Å²) in [5.41, 5.74) is 2.28. The van der Waals surface area contributed by atoms with Crippen LogP contribution in [0.3, 0.4) is 0 Å². The quantitative estimate of drug-likeness (QED) is 0.637. The molecule has 28 heavy (non-hydrogen) atoms. The van der Waals surface area contributed by atoms with Crippen molar-refractivity contribution in [2.45, 2.75) is 58.9 Å². The summed E-state index contributed by atoms with van der Waals surface area (Å²) >= 11 is 0. The minimum Gasteiger partial charge on any atom is -0.354 e. The Bertz CT molecular complexity index is 744. The summed E-state index contributed by atoms with van der Waals surface area (Å²) in [5.74, 6) is -0.265. The average Bonchev–Trinajstić information content (AvgIpc) is 2.63. The van der Waals surface area contributed by atoms with E-state index in [-0.39, 0.29) is 12.5 Å². The van der Waals surface area contributed by atoms with Crippen LogP contribution in [0.1, 0.15) is 50.2 Å². The second kappa shape index (κ2) is 10.3. The zero-order valence-electron chi connectivity index (χ0n) is 17.7. The largest absolute Gasteiger partial charge is 0.354 e. The molecule has 7 heteroatoms. The lowest BCUT2D eigenvalue weighted by Crippen LogP contribution is -2.43. The van der Waals surface area contributed by atoms with Crippen LogP contribution in [0.2, 0.25) is 0 Å². The fourth-order valence-corrected chi connectivity index (χ4v) is 5.05. The Labute approximate surface area is 170 Å². The molecule has 1 saturated heterocycles. The van der Waals surface area contributed by atoms with E-state index < -0.39 is 10.0 Å². The number of amides is 1. The highest BCUT2D eigenvalue weighted by Crippen LogP contribution is 2.26. The van der Waals surface area contributed by atoms with Crippen LogP contribution in [-0.2, 0) is 14.8 Å². The van der Waals surface area contributed by atoms with Crippen LogP contribution in [0.4, 0.5) is 5.69 Å². The number of carbonyl (C=O) groups excluding carboxylic acids is 1. The second-order valence-corrected chi connectivity index (χ2v) is 9.71. The van der Waals surface area contributed by atoms with Gasteiger partial charge in [0.15, 0.2) is 0 Å². The first-order chi connectivity index (χ1) is 13.2. The summed E-state index contributed by atoms with van der Waals surface area (Å²) in [5, 5.41) is 2.89. The van der Waals surface area contributed by atoms with Gasteiger partial charge in [0.1, 0.15) is 6.54 Å². The number of anilines is 1. The van der Waals surface area contributed by atoms with Crippen LogP contribution in [0.15, 0.2) is 18.2 Å². The van der Waals surface area contributed by atoms with Crippen molar-refractivity contribution in [3.63, 3.8) is 0 Å². The smallest absolute Gasteiger partial charge is 0.240 e. The zero-order chi connectivity index (χ0) is 20.7. The number of carbonyl (C=O) groups is 1. The Morgan fingerprint density at radius 2 is 1.93 bits per heavy atom. The van der Waals surface area contributed by atoms with E-state index in [4.69, 9.17) is 0 Å². The van der Waals surface area contributed by atoms with Crippen molar-refractivity contribution in [3.8, 4) is 0 Å². The monoisotopic (exact) mass is 409 g/mol. The van der Waals surface area contributed by atoms with Gasteiger partial charge in [-0.25, -0.2) is 8.42 Å². The lowest BCUT2D eigenvalue weighted by molar-refractivity contribution is -0.119. The Morgan fingerprint density at radius 1 is 1.25 bits per heavy atom. The molecule has 1 aliphatic rings. The molecule has 0 radical (unpaired) electrons. The van der Waals surface area contributed by atoms with Crippen molar-refractivity contribution in [2.24, 2.45) is 0 Å². The van der Waals surface area contributed by atoms with Crippen LogP contribution >= 0.6 is 0 Å². The van der Waals surface area contributed by atoms with Gasteiger partial charge in [-0.05, 0) is 57.2 Å². The van der Waals surface area contributed by atoms with Crippen molar-refractivity contribution >= 4 is 21.6 Å². The number of sulfonamides is 1. The first kappa shape index (κ1) is 22.7. The fraction of sp³-hybridized carbons (Fsp3) is 0.667. The topological polar surface area (TPSA) is 69.7 Å². The highest BCUT2D eigenvalue weighted by molar-refractivity contribution is 7.92. The lowest BCUT2D eigenvalue weighted by atomic mass is 10.00. The van der Waals surface area contributed by atoms with E-state index in [1.165, 1.54) is 30.0 Å². The number of para-hydroxylation sites is 1. The number of aryl methyl sites for hydroxylation is 2. The first-order valence-corrected chi connectivity index (χ1v) is 12.1. The van der Waals surface area contributed by atoms with E-state index in [2.05, 4.69) is 17.1 Å². The molecule has 0 bridgehead atoms. The van der Waals surface area contributed by atoms with E-state index >= 15 is 0 Å². The van der Waals surface area contributed by atoms with Crippen molar-refractivity contribution in [1.29, 1.82) is 0 Å². The third-order valence-corrected chi connectivity index (χ3v) is 6.65. The van der Waals surface area contributed by atoms with Crippen LogP contribution in [-0.4, -0.2) is 57.7 Å². The summed E-state index contributed by atoms with van der Waals surface area (Å²) in [6.07, 6.45) is 7.03. The number of likely N-dealkylation sites (tertiary alicyclic amines) is 1. The molecule has 1 atom stereocenters. The van der Waals surface area contributed by atoms with E-state index in [9.17, 15) is 13.2 Å². The van der Waals surface area contributed by atoms with E-state index in [1.54, 1.807) is 0 Å². The zero-order valence-corrected chi connectivity index (χ0v) is 18.5. The molecule has 1 aliphatic heterocycles.